The van der Waals surface area contributed by atoms with E-state index in [1.54, 1.807) is 0 Å². The van der Waals surface area contributed by atoms with E-state index >= 15 is 0 Å². The quantitative estimate of drug-likeness (QED) is 0.876. The Morgan fingerprint density at radius 2 is 1.89 bits per heavy atom. The molecule has 0 unspecified atom stereocenters. The first-order valence-corrected chi connectivity index (χ1v) is 6.68. The number of rotatable bonds is 2. The minimum Gasteiger partial charge on any atom is -0.349 e. The first kappa shape index (κ1) is 13.0. The van der Waals surface area contributed by atoms with E-state index in [1.807, 2.05) is 0 Å². The van der Waals surface area contributed by atoms with Gasteiger partial charge in [-0.25, -0.2) is 4.39 Å². The van der Waals surface area contributed by atoms with Crippen molar-refractivity contribution >= 4 is 5.91 Å². The van der Waals surface area contributed by atoms with Gasteiger partial charge in [0.15, 0.2) is 5.82 Å². The molecule has 1 aromatic heterocycles. The number of nitrogens with one attached hydrogen (secondary N) is 1. The van der Waals surface area contributed by atoms with Crippen molar-refractivity contribution in [2.75, 3.05) is 0 Å². The number of pyridine rings is 1. The largest absolute Gasteiger partial charge is 0.349 e. The van der Waals surface area contributed by atoms with E-state index in [2.05, 4.69) is 10.3 Å². The van der Waals surface area contributed by atoms with Crippen LogP contribution in [-0.2, 0) is 0 Å². The van der Waals surface area contributed by atoms with Gasteiger partial charge in [0, 0.05) is 12.2 Å². The fraction of sp³-hybridized carbons (Fsp3) is 0.571. The molecule has 1 fully saturated rings. The number of carbonyl (C=O) groups excluding carboxylic acids is 1. The Balaban J connectivity index is 1.95. The zero-order chi connectivity index (χ0) is 12.8. The van der Waals surface area contributed by atoms with E-state index in [1.165, 1.54) is 31.5 Å². The second kappa shape index (κ2) is 6.47. The second-order valence-corrected chi connectivity index (χ2v) is 4.87. The van der Waals surface area contributed by atoms with Gasteiger partial charge in [0.25, 0.3) is 5.91 Å². The second-order valence-electron chi connectivity index (χ2n) is 4.87. The topological polar surface area (TPSA) is 42.0 Å². The van der Waals surface area contributed by atoms with Crippen molar-refractivity contribution in [3.8, 4) is 0 Å². The van der Waals surface area contributed by atoms with Gasteiger partial charge >= 0.3 is 0 Å². The maximum Gasteiger partial charge on any atom is 0.254 e. The molecule has 0 aromatic carbocycles. The summed E-state index contributed by atoms with van der Waals surface area (Å²) in [6.07, 6.45) is 10.6. The van der Waals surface area contributed by atoms with E-state index in [-0.39, 0.29) is 17.5 Å². The number of hydrogen-bond acceptors (Lipinski definition) is 2. The highest BCUT2D eigenvalue weighted by molar-refractivity contribution is 5.94. The van der Waals surface area contributed by atoms with Crippen molar-refractivity contribution in [1.82, 2.24) is 10.3 Å². The van der Waals surface area contributed by atoms with Crippen LogP contribution in [0.5, 0.6) is 0 Å². The zero-order valence-electron chi connectivity index (χ0n) is 10.5. The van der Waals surface area contributed by atoms with Crippen LogP contribution in [0.2, 0.25) is 0 Å². The highest BCUT2D eigenvalue weighted by Gasteiger charge is 2.17. The molecule has 2 rings (SSSR count). The molecule has 1 heterocycles. The third-order valence-corrected chi connectivity index (χ3v) is 3.46. The molecule has 0 spiro atoms. The number of nitrogens with zero attached hydrogens (tertiary/aromatic N) is 1. The average molecular weight is 250 g/mol. The zero-order valence-corrected chi connectivity index (χ0v) is 10.5. The smallest absolute Gasteiger partial charge is 0.254 e. The van der Waals surface area contributed by atoms with Crippen LogP contribution in [0.1, 0.15) is 55.3 Å². The van der Waals surface area contributed by atoms with E-state index < -0.39 is 5.82 Å². The van der Waals surface area contributed by atoms with Crippen LogP contribution in [0.3, 0.4) is 0 Å². The van der Waals surface area contributed by atoms with Crippen LogP contribution >= 0.6 is 0 Å². The monoisotopic (exact) mass is 250 g/mol. The van der Waals surface area contributed by atoms with E-state index in [9.17, 15) is 9.18 Å². The van der Waals surface area contributed by atoms with Crippen molar-refractivity contribution in [1.29, 1.82) is 0 Å². The minimum absolute atomic E-state index is 0.0899. The Labute approximate surface area is 107 Å². The first-order chi connectivity index (χ1) is 8.77. The number of amides is 1. The summed E-state index contributed by atoms with van der Waals surface area (Å²) in [6, 6.07) is 1.61. The maximum absolute atomic E-state index is 13.4. The summed E-state index contributed by atoms with van der Waals surface area (Å²) in [7, 11) is 0. The summed E-state index contributed by atoms with van der Waals surface area (Å²) in [5.74, 6) is -0.874. The maximum atomic E-state index is 13.4. The van der Waals surface area contributed by atoms with Crippen molar-refractivity contribution in [2.45, 2.75) is 51.0 Å². The van der Waals surface area contributed by atoms with Gasteiger partial charge in [-0.2, -0.15) is 0 Å². The normalized spacial score (nSPS) is 17.8. The van der Waals surface area contributed by atoms with Gasteiger partial charge in [-0.1, -0.05) is 32.1 Å². The van der Waals surface area contributed by atoms with Gasteiger partial charge < -0.3 is 5.32 Å². The lowest BCUT2D eigenvalue weighted by atomic mass is 9.96. The van der Waals surface area contributed by atoms with Crippen LogP contribution in [0.4, 0.5) is 4.39 Å². The summed E-state index contributed by atoms with van der Waals surface area (Å²) in [4.78, 5) is 15.6. The fourth-order valence-corrected chi connectivity index (χ4v) is 2.42. The molecule has 1 N–H and O–H groups in total. The molecule has 98 valence electrons. The molecule has 0 bridgehead atoms. The number of hydrogen-bond donors (Lipinski definition) is 1. The lowest BCUT2D eigenvalue weighted by Crippen LogP contribution is -2.35. The Kier molecular flexibility index (Phi) is 4.67. The molecule has 3 nitrogen and oxygen atoms in total. The molecular formula is C14H19FN2O. The summed E-state index contributed by atoms with van der Waals surface area (Å²) in [5, 5.41) is 2.94. The average Bonchev–Trinajstić information content (AvgIpc) is 2.33. The van der Waals surface area contributed by atoms with Crippen LogP contribution in [0, 0.1) is 5.82 Å². The van der Waals surface area contributed by atoms with Gasteiger partial charge in [-0.3, -0.25) is 9.78 Å². The number of carbonyl (C=O) groups is 1. The lowest BCUT2D eigenvalue weighted by Gasteiger charge is -2.21. The molecule has 1 aliphatic carbocycles. The standard InChI is InChI=1S/C14H19FN2O/c15-13-10-16-9-8-12(13)14(18)17-11-6-4-2-1-3-5-7-11/h8-11H,1-7H2,(H,17,18). The van der Waals surface area contributed by atoms with Gasteiger partial charge in [-0.05, 0) is 18.9 Å². The molecule has 18 heavy (non-hydrogen) atoms. The summed E-state index contributed by atoms with van der Waals surface area (Å²) < 4.78 is 13.4. The highest BCUT2D eigenvalue weighted by Crippen LogP contribution is 2.17. The highest BCUT2D eigenvalue weighted by atomic mass is 19.1. The molecule has 1 amide bonds. The number of halogens is 1. The first-order valence-electron chi connectivity index (χ1n) is 6.68. The molecule has 4 heteroatoms. The van der Waals surface area contributed by atoms with Crippen molar-refractivity contribution < 1.29 is 9.18 Å². The van der Waals surface area contributed by atoms with Crippen LogP contribution in [0.15, 0.2) is 18.5 Å². The molecule has 1 aliphatic rings. The molecule has 1 aromatic rings. The van der Waals surface area contributed by atoms with Gasteiger partial charge in [-0.15, -0.1) is 0 Å². The van der Waals surface area contributed by atoms with Crippen molar-refractivity contribution in [2.24, 2.45) is 0 Å². The van der Waals surface area contributed by atoms with Crippen molar-refractivity contribution in [3.05, 3.63) is 29.8 Å². The van der Waals surface area contributed by atoms with Crippen LogP contribution in [-0.4, -0.2) is 16.9 Å². The van der Waals surface area contributed by atoms with E-state index in [4.69, 9.17) is 0 Å². The summed E-state index contributed by atoms with van der Waals surface area (Å²) in [5.41, 5.74) is 0.0899. The van der Waals surface area contributed by atoms with Gasteiger partial charge in [0.05, 0.1) is 11.8 Å². The number of aromatic nitrogens is 1. The van der Waals surface area contributed by atoms with Crippen LogP contribution < -0.4 is 5.32 Å². The molecule has 0 saturated heterocycles. The molecule has 0 atom stereocenters. The predicted octanol–water partition coefficient (Wildman–Crippen LogP) is 3.06. The Hall–Kier alpha value is -1.45. The fourth-order valence-electron chi connectivity index (χ4n) is 2.42. The molecular weight excluding hydrogens is 231 g/mol. The predicted molar refractivity (Wildman–Crippen MR) is 67.8 cm³/mol. The van der Waals surface area contributed by atoms with E-state index in [0.717, 1.165) is 31.9 Å². The third kappa shape index (κ3) is 3.52. The van der Waals surface area contributed by atoms with Gasteiger partial charge in [0.1, 0.15) is 0 Å². The molecule has 1 saturated carbocycles. The minimum atomic E-state index is -0.555. The van der Waals surface area contributed by atoms with Gasteiger partial charge in [0.2, 0.25) is 0 Å². The lowest BCUT2D eigenvalue weighted by molar-refractivity contribution is 0.0926. The Morgan fingerprint density at radius 1 is 1.22 bits per heavy atom. The Morgan fingerprint density at radius 3 is 2.56 bits per heavy atom. The summed E-state index contributed by atoms with van der Waals surface area (Å²) >= 11 is 0. The van der Waals surface area contributed by atoms with Crippen molar-refractivity contribution in [3.63, 3.8) is 0 Å². The SMILES string of the molecule is O=C(NC1CCCCCCC1)c1ccncc1F. The Bertz CT molecular complexity index is 401. The molecule has 0 radical (unpaired) electrons. The molecule has 0 aliphatic heterocycles. The third-order valence-electron chi connectivity index (χ3n) is 3.46. The van der Waals surface area contributed by atoms with E-state index in [0.29, 0.717) is 0 Å². The summed E-state index contributed by atoms with van der Waals surface area (Å²) in [6.45, 7) is 0. The van der Waals surface area contributed by atoms with Crippen LogP contribution in [0.25, 0.3) is 0 Å².